The maximum absolute atomic E-state index is 12.0. The maximum atomic E-state index is 12.0. The van der Waals surface area contributed by atoms with E-state index >= 15 is 0 Å². The highest BCUT2D eigenvalue weighted by Crippen LogP contribution is 2.12. The van der Waals surface area contributed by atoms with Gasteiger partial charge in [0, 0.05) is 26.1 Å². The highest BCUT2D eigenvalue weighted by Gasteiger charge is 2.21. The third-order valence-corrected chi connectivity index (χ3v) is 3.71. The minimum absolute atomic E-state index is 0.329. The van der Waals surface area contributed by atoms with Crippen LogP contribution in [0.3, 0.4) is 0 Å². The van der Waals surface area contributed by atoms with Crippen molar-refractivity contribution in [3.8, 4) is 0 Å². The summed E-state index contributed by atoms with van der Waals surface area (Å²) in [7, 11) is 1.96. The minimum atomic E-state index is 0.329. The summed E-state index contributed by atoms with van der Waals surface area (Å²) >= 11 is 0. The van der Waals surface area contributed by atoms with E-state index in [2.05, 4.69) is 12.2 Å². The molecule has 0 bridgehead atoms. The van der Waals surface area contributed by atoms with Gasteiger partial charge in [0.05, 0.1) is 0 Å². The largest absolute Gasteiger partial charge is 0.342 e. The van der Waals surface area contributed by atoms with E-state index in [1.54, 1.807) is 0 Å². The van der Waals surface area contributed by atoms with Gasteiger partial charge in [0.15, 0.2) is 0 Å². The number of likely N-dealkylation sites (N-methyl/N-ethyl adjacent to an activating group) is 1. The van der Waals surface area contributed by atoms with Crippen molar-refractivity contribution in [2.24, 2.45) is 0 Å². The highest BCUT2D eigenvalue weighted by molar-refractivity contribution is 5.76. The fourth-order valence-electron chi connectivity index (χ4n) is 2.42. The van der Waals surface area contributed by atoms with Crippen LogP contribution < -0.4 is 5.32 Å². The number of hydrogen-bond acceptors (Lipinski definition) is 2. The minimum Gasteiger partial charge on any atom is -0.342 e. The molecule has 1 heterocycles. The molecule has 17 heavy (non-hydrogen) atoms. The molecule has 0 radical (unpaired) electrons. The van der Waals surface area contributed by atoms with E-state index in [-0.39, 0.29) is 0 Å². The summed E-state index contributed by atoms with van der Waals surface area (Å²) in [6, 6.07) is 0.423. The Labute approximate surface area is 106 Å². The number of carbonyl (C=O) groups excluding carboxylic acids is 1. The van der Waals surface area contributed by atoms with Crippen molar-refractivity contribution in [1.82, 2.24) is 10.2 Å². The van der Waals surface area contributed by atoms with Gasteiger partial charge in [0.25, 0.3) is 0 Å². The molecular formula is C14H28N2O. The van der Waals surface area contributed by atoms with Crippen LogP contribution in [0.25, 0.3) is 0 Å². The molecule has 0 spiro atoms. The number of carbonyl (C=O) groups is 1. The third-order valence-electron chi connectivity index (χ3n) is 3.71. The molecular weight excluding hydrogens is 212 g/mol. The lowest BCUT2D eigenvalue weighted by molar-refractivity contribution is -0.132. The second-order valence-electron chi connectivity index (χ2n) is 5.17. The van der Waals surface area contributed by atoms with Crippen molar-refractivity contribution < 1.29 is 4.79 Å². The van der Waals surface area contributed by atoms with Gasteiger partial charge in [0.1, 0.15) is 0 Å². The normalized spacial score (nSPS) is 20.2. The van der Waals surface area contributed by atoms with Crippen molar-refractivity contribution in [2.75, 3.05) is 20.1 Å². The lowest BCUT2D eigenvalue weighted by atomic mass is 10.1. The average molecular weight is 240 g/mol. The first-order chi connectivity index (χ1) is 8.25. The van der Waals surface area contributed by atoms with Crippen molar-refractivity contribution in [3.05, 3.63) is 0 Å². The Kier molecular flexibility index (Phi) is 7.25. The zero-order chi connectivity index (χ0) is 12.5. The molecule has 0 aromatic rings. The molecule has 3 heteroatoms. The Balaban J connectivity index is 2.13. The van der Waals surface area contributed by atoms with Crippen molar-refractivity contribution in [1.29, 1.82) is 0 Å². The van der Waals surface area contributed by atoms with Gasteiger partial charge >= 0.3 is 0 Å². The Morgan fingerprint density at radius 2 is 2.06 bits per heavy atom. The standard InChI is InChI=1S/C14H28N2O/c1-3-4-5-6-7-10-14(17)16(2)13-9-8-11-15-12-13/h13,15H,3-12H2,1-2H3. The van der Waals surface area contributed by atoms with Crippen molar-refractivity contribution in [3.63, 3.8) is 0 Å². The quantitative estimate of drug-likeness (QED) is 0.694. The molecule has 0 saturated carbocycles. The van der Waals surface area contributed by atoms with Crippen LogP contribution in [0.15, 0.2) is 0 Å². The summed E-state index contributed by atoms with van der Waals surface area (Å²) in [6.45, 7) is 4.29. The van der Waals surface area contributed by atoms with E-state index in [9.17, 15) is 4.79 Å². The molecule has 1 fully saturated rings. The van der Waals surface area contributed by atoms with Gasteiger partial charge in [-0.1, -0.05) is 32.6 Å². The summed E-state index contributed by atoms with van der Waals surface area (Å²) in [6.07, 6.45) is 9.19. The van der Waals surface area contributed by atoms with Gasteiger partial charge in [-0.25, -0.2) is 0 Å². The molecule has 1 unspecified atom stereocenters. The molecule has 0 aliphatic carbocycles. The van der Waals surface area contributed by atoms with Crippen LogP contribution in [0.1, 0.15) is 58.3 Å². The summed E-state index contributed by atoms with van der Waals surface area (Å²) in [5.41, 5.74) is 0. The predicted molar refractivity (Wildman–Crippen MR) is 72.0 cm³/mol. The first kappa shape index (κ1) is 14.5. The summed E-state index contributed by atoms with van der Waals surface area (Å²) in [5, 5.41) is 3.36. The first-order valence-electron chi connectivity index (χ1n) is 7.22. The van der Waals surface area contributed by atoms with Crippen LogP contribution in [0.4, 0.5) is 0 Å². The van der Waals surface area contributed by atoms with Gasteiger partial charge in [0.2, 0.25) is 5.91 Å². The maximum Gasteiger partial charge on any atom is 0.222 e. The molecule has 1 saturated heterocycles. The van der Waals surface area contributed by atoms with Crippen molar-refractivity contribution in [2.45, 2.75) is 64.3 Å². The highest BCUT2D eigenvalue weighted by atomic mass is 16.2. The SMILES string of the molecule is CCCCCCCC(=O)N(C)C1CCCNC1. The van der Waals surface area contributed by atoms with Crippen LogP contribution in [-0.2, 0) is 4.79 Å². The van der Waals surface area contributed by atoms with E-state index in [4.69, 9.17) is 0 Å². The topological polar surface area (TPSA) is 32.3 Å². The molecule has 100 valence electrons. The van der Waals surface area contributed by atoms with Crippen LogP contribution in [0, 0.1) is 0 Å². The van der Waals surface area contributed by atoms with Crippen LogP contribution >= 0.6 is 0 Å². The lowest BCUT2D eigenvalue weighted by Crippen LogP contribution is -2.46. The number of unbranched alkanes of at least 4 members (excludes halogenated alkanes) is 4. The lowest BCUT2D eigenvalue weighted by Gasteiger charge is -2.31. The Morgan fingerprint density at radius 1 is 1.29 bits per heavy atom. The molecule has 3 nitrogen and oxygen atoms in total. The molecule has 1 aliphatic heterocycles. The predicted octanol–water partition coefficient (Wildman–Crippen LogP) is 2.56. The molecule has 1 atom stereocenters. The molecule has 1 N–H and O–H groups in total. The van der Waals surface area contributed by atoms with E-state index < -0.39 is 0 Å². The fourth-order valence-corrected chi connectivity index (χ4v) is 2.42. The van der Waals surface area contributed by atoms with Gasteiger partial charge in [-0.15, -0.1) is 0 Å². The summed E-state index contributed by atoms with van der Waals surface area (Å²) < 4.78 is 0. The molecule has 0 aromatic heterocycles. The number of nitrogens with one attached hydrogen (secondary N) is 1. The Morgan fingerprint density at radius 3 is 2.71 bits per heavy atom. The average Bonchev–Trinajstić information content (AvgIpc) is 2.38. The molecule has 0 aromatic carbocycles. The van der Waals surface area contributed by atoms with Gasteiger partial charge in [-0.05, 0) is 25.8 Å². The summed E-state index contributed by atoms with van der Waals surface area (Å²) in [5.74, 6) is 0.329. The third kappa shape index (κ3) is 5.53. The first-order valence-corrected chi connectivity index (χ1v) is 7.22. The Hall–Kier alpha value is -0.570. The second kappa shape index (κ2) is 8.51. The zero-order valence-corrected chi connectivity index (χ0v) is 11.5. The van der Waals surface area contributed by atoms with E-state index in [1.165, 1.54) is 32.1 Å². The van der Waals surface area contributed by atoms with Gasteiger partial charge < -0.3 is 10.2 Å². The monoisotopic (exact) mass is 240 g/mol. The number of hydrogen-bond donors (Lipinski definition) is 1. The second-order valence-corrected chi connectivity index (χ2v) is 5.17. The molecule has 1 rings (SSSR count). The Bertz CT molecular complexity index is 212. The number of amides is 1. The van der Waals surface area contributed by atoms with E-state index in [0.29, 0.717) is 11.9 Å². The van der Waals surface area contributed by atoms with Crippen LogP contribution in [0.5, 0.6) is 0 Å². The fraction of sp³-hybridized carbons (Fsp3) is 0.929. The van der Waals surface area contributed by atoms with Crippen LogP contribution in [0.2, 0.25) is 0 Å². The number of rotatable bonds is 7. The molecule has 1 amide bonds. The summed E-state index contributed by atoms with van der Waals surface area (Å²) in [4.78, 5) is 13.9. The van der Waals surface area contributed by atoms with Gasteiger partial charge in [-0.3, -0.25) is 4.79 Å². The number of nitrogens with zero attached hydrogens (tertiary/aromatic N) is 1. The number of piperidine rings is 1. The van der Waals surface area contributed by atoms with E-state index in [1.807, 2.05) is 11.9 Å². The van der Waals surface area contributed by atoms with Crippen molar-refractivity contribution >= 4 is 5.91 Å². The van der Waals surface area contributed by atoms with Gasteiger partial charge in [-0.2, -0.15) is 0 Å². The van der Waals surface area contributed by atoms with E-state index in [0.717, 1.165) is 32.4 Å². The zero-order valence-electron chi connectivity index (χ0n) is 11.5. The molecule has 1 aliphatic rings. The smallest absolute Gasteiger partial charge is 0.222 e. The van der Waals surface area contributed by atoms with Crippen LogP contribution in [-0.4, -0.2) is 37.0 Å².